The summed E-state index contributed by atoms with van der Waals surface area (Å²) in [5.74, 6) is 0. The third kappa shape index (κ3) is 3.92. The van der Waals surface area contributed by atoms with E-state index in [4.69, 9.17) is 20.4 Å². The Morgan fingerprint density at radius 2 is 0.750 bits per heavy atom. The van der Waals surface area contributed by atoms with Crippen LogP contribution in [0.4, 0.5) is 0 Å². The van der Waals surface area contributed by atoms with Crippen LogP contribution >= 0.6 is 0 Å². The van der Waals surface area contributed by atoms with Gasteiger partial charge in [-0.3, -0.25) is 0 Å². The van der Waals surface area contributed by atoms with Crippen LogP contribution in [-0.4, -0.2) is 90.7 Å². The van der Waals surface area contributed by atoms with Crippen molar-refractivity contribution in [2.75, 3.05) is 13.2 Å². The molecule has 8 N–H and O–H groups in total. The number of hydrogen-bond donors (Lipinski definition) is 8. The summed E-state index contributed by atoms with van der Waals surface area (Å²) >= 11 is 0. The molecule has 6 atom stereocenters. The first kappa shape index (κ1) is 15.7. The molecule has 0 aliphatic heterocycles. The van der Waals surface area contributed by atoms with Crippen molar-refractivity contribution in [1.29, 1.82) is 0 Å². The monoisotopic (exact) mass is 242 g/mol. The van der Waals surface area contributed by atoms with E-state index in [2.05, 4.69) is 0 Å². The Bertz CT molecular complexity index is 169. The Morgan fingerprint density at radius 3 is 0.938 bits per heavy atom. The van der Waals surface area contributed by atoms with Crippen molar-refractivity contribution >= 4 is 0 Å². The molecule has 8 nitrogen and oxygen atoms in total. The second-order valence-electron chi connectivity index (χ2n) is 3.46. The Hall–Kier alpha value is -0.320. The molecule has 0 unspecified atom stereocenters. The highest BCUT2D eigenvalue weighted by Gasteiger charge is 2.36. The summed E-state index contributed by atoms with van der Waals surface area (Å²) in [6.07, 6.45) is -11.1. The van der Waals surface area contributed by atoms with E-state index in [9.17, 15) is 20.4 Å². The van der Waals surface area contributed by atoms with Crippen molar-refractivity contribution in [3.05, 3.63) is 0 Å². The summed E-state index contributed by atoms with van der Waals surface area (Å²) in [5.41, 5.74) is 0. The number of hydrogen-bond acceptors (Lipinski definition) is 8. The third-order valence-electron chi connectivity index (χ3n) is 2.21. The van der Waals surface area contributed by atoms with Gasteiger partial charge in [0.2, 0.25) is 0 Å². The molecule has 0 aromatic rings. The SMILES string of the molecule is OC[C@@H](O)[C@H](O)[C@H](O)[C@@H](O)[C@H](O)[C@H](O)CO. The number of aliphatic hydroxyl groups is 8. The summed E-state index contributed by atoms with van der Waals surface area (Å²) < 4.78 is 0. The molecule has 0 radical (unpaired) electrons. The predicted octanol–water partition coefficient (Wildman–Crippen LogP) is -4.86. The second kappa shape index (κ2) is 7.09. The summed E-state index contributed by atoms with van der Waals surface area (Å²) in [4.78, 5) is 0. The van der Waals surface area contributed by atoms with Gasteiger partial charge in [0.1, 0.15) is 36.6 Å². The van der Waals surface area contributed by atoms with Crippen molar-refractivity contribution < 1.29 is 40.9 Å². The molecule has 0 aromatic heterocycles. The van der Waals surface area contributed by atoms with E-state index in [-0.39, 0.29) is 0 Å². The molecule has 0 aliphatic rings. The molecule has 8 heteroatoms. The van der Waals surface area contributed by atoms with Crippen LogP contribution in [-0.2, 0) is 0 Å². The van der Waals surface area contributed by atoms with Gasteiger partial charge in [-0.15, -0.1) is 0 Å². The van der Waals surface area contributed by atoms with E-state index in [0.717, 1.165) is 0 Å². The van der Waals surface area contributed by atoms with Crippen LogP contribution in [0.1, 0.15) is 0 Å². The Morgan fingerprint density at radius 1 is 0.500 bits per heavy atom. The quantitative estimate of drug-likeness (QED) is 0.220. The summed E-state index contributed by atoms with van der Waals surface area (Å²) in [5, 5.41) is 71.8. The lowest BCUT2D eigenvalue weighted by Crippen LogP contribution is -2.53. The van der Waals surface area contributed by atoms with Crippen LogP contribution in [0.15, 0.2) is 0 Å². The molecule has 0 saturated heterocycles. The molecule has 0 heterocycles. The van der Waals surface area contributed by atoms with Gasteiger partial charge in [-0.1, -0.05) is 0 Å². The van der Waals surface area contributed by atoms with Gasteiger partial charge in [-0.25, -0.2) is 0 Å². The summed E-state index contributed by atoms with van der Waals surface area (Å²) in [6.45, 7) is -1.69. The maximum Gasteiger partial charge on any atom is 0.111 e. The van der Waals surface area contributed by atoms with E-state index in [1.165, 1.54) is 0 Å². The maximum absolute atomic E-state index is 9.28. The van der Waals surface area contributed by atoms with Gasteiger partial charge in [0.05, 0.1) is 13.2 Å². The fourth-order valence-electron chi connectivity index (χ4n) is 1.08. The minimum atomic E-state index is -1.97. The first-order chi connectivity index (χ1) is 7.36. The normalized spacial score (nSPS) is 23.2. The average molecular weight is 242 g/mol. The van der Waals surface area contributed by atoms with Gasteiger partial charge in [0.25, 0.3) is 0 Å². The first-order valence-corrected chi connectivity index (χ1v) is 4.66. The molecule has 0 spiro atoms. The van der Waals surface area contributed by atoms with Gasteiger partial charge in [-0.05, 0) is 0 Å². The molecule has 0 saturated carbocycles. The Balaban J connectivity index is 4.41. The molecule has 0 rings (SSSR count). The van der Waals surface area contributed by atoms with Crippen molar-refractivity contribution in [2.45, 2.75) is 36.6 Å². The predicted molar refractivity (Wildman–Crippen MR) is 50.2 cm³/mol. The van der Waals surface area contributed by atoms with E-state index >= 15 is 0 Å². The number of aliphatic hydroxyl groups excluding tert-OH is 8. The molecule has 0 amide bonds. The van der Waals surface area contributed by atoms with Crippen molar-refractivity contribution in [3.63, 3.8) is 0 Å². The number of rotatable bonds is 7. The van der Waals surface area contributed by atoms with Crippen LogP contribution in [0.25, 0.3) is 0 Å². The lowest BCUT2D eigenvalue weighted by molar-refractivity contribution is -0.161. The maximum atomic E-state index is 9.28. The lowest BCUT2D eigenvalue weighted by atomic mass is 9.97. The van der Waals surface area contributed by atoms with Crippen molar-refractivity contribution in [2.24, 2.45) is 0 Å². The average Bonchev–Trinajstić information content (AvgIpc) is 2.32. The zero-order valence-corrected chi connectivity index (χ0v) is 8.46. The minimum Gasteiger partial charge on any atom is -0.394 e. The van der Waals surface area contributed by atoms with Gasteiger partial charge in [-0.2, -0.15) is 0 Å². The van der Waals surface area contributed by atoms with E-state index in [0.29, 0.717) is 0 Å². The zero-order chi connectivity index (χ0) is 12.9. The molecule has 0 aromatic carbocycles. The highest BCUT2D eigenvalue weighted by atomic mass is 16.4. The van der Waals surface area contributed by atoms with Gasteiger partial charge in [0.15, 0.2) is 0 Å². The molecule has 0 bridgehead atoms. The minimum absolute atomic E-state index is 0.844. The molecule has 0 fully saturated rings. The molecule has 0 aliphatic carbocycles. The second-order valence-corrected chi connectivity index (χ2v) is 3.46. The largest absolute Gasteiger partial charge is 0.394 e. The molecule has 16 heavy (non-hydrogen) atoms. The highest BCUT2D eigenvalue weighted by Crippen LogP contribution is 2.10. The third-order valence-corrected chi connectivity index (χ3v) is 2.21. The first-order valence-electron chi connectivity index (χ1n) is 4.66. The fourth-order valence-corrected chi connectivity index (χ4v) is 1.08. The molecular formula is C8H18O8. The molecular weight excluding hydrogens is 224 g/mol. The van der Waals surface area contributed by atoms with Crippen LogP contribution in [0.2, 0.25) is 0 Å². The van der Waals surface area contributed by atoms with Crippen LogP contribution < -0.4 is 0 Å². The Labute approximate surface area is 91.6 Å². The van der Waals surface area contributed by atoms with Gasteiger partial charge in [0, 0.05) is 0 Å². The van der Waals surface area contributed by atoms with E-state index in [1.807, 2.05) is 0 Å². The summed E-state index contributed by atoms with van der Waals surface area (Å²) in [6, 6.07) is 0. The van der Waals surface area contributed by atoms with Crippen LogP contribution in [0.5, 0.6) is 0 Å². The summed E-state index contributed by atoms with van der Waals surface area (Å²) in [7, 11) is 0. The smallest absolute Gasteiger partial charge is 0.111 e. The van der Waals surface area contributed by atoms with E-state index in [1.54, 1.807) is 0 Å². The van der Waals surface area contributed by atoms with Crippen molar-refractivity contribution in [3.8, 4) is 0 Å². The zero-order valence-electron chi connectivity index (χ0n) is 8.46. The standard InChI is InChI=1S/C8H18O8/c9-1-3(11)5(13)7(15)8(16)6(14)4(12)2-10/h3-16H,1-2H2/t3-,4-,5-,6+,7+,8+/m1/s1. The Kier molecular flexibility index (Phi) is 6.95. The van der Waals surface area contributed by atoms with Gasteiger partial charge >= 0.3 is 0 Å². The molecule has 98 valence electrons. The highest BCUT2D eigenvalue weighted by molar-refractivity contribution is 4.87. The van der Waals surface area contributed by atoms with E-state index < -0.39 is 49.8 Å². The fraction of sp³-hybridized carbons (Fsp3) is 1.00. The lowest BCUT2D eigenvalue weighted by Gasteiger charge is -2.29. The van der Waals surface area contributed by atoms with Crippen LogP contribution in [0.3, 0.4) is 0 Å². The van der Waals surface area contributed by atoms with Crippen LogP contribution in [0, 0.1) is 0 Å². The van der Waals surface area contributed by atoms with Crippen molar-refractivity contribution in [1.82, 2.24) is 0 Å². The topological polar surface area (TPSA) is 162 Å². The van der Waals surface area contributed by atoms with Gasteiger partial charge < -0.3 is 40.9 Å².